The Balaban J connectivity index is 1.40. The lowest BCUT2D eigenvalue weighted by Crippen LogP contribution is -2.54. The van der Waals surface area contributed by atoms with Crippen LogP contribution in [0.4, 0.5) is 5.82 Å². The van der Waals surface area contributed by atoms with Gasteiger partial charge >= 0.3 is 0 Å². The molecule has 1 amide bonds. The zero-order valence-corrected chi connectivity index (χ0v) is 16.5. The molecule has 4 rings (SSSR count). The molecule has 1 atom stereocenters. The van der Waals surface area contributed by atoms with Gasteiger partial charge in [-0.25, -0.2) is 4.98 Å². The number of nitrogens with two attached hydrogens (primary N) is 1. The number of hydrogen-bond donors (Lipinski definition) is 1. The van der Waals surface area contributed by atoms with Crippen LogP contribution in [0.25, 0.3) is 0 Å². The molecule has 5 nitrogen and oxygen atoms in total. The number of nitrogens with zero attached hydrogens (tertiary/aromatic N) is 3. The Morgan fingerprint density at radius 2 is 1.93 bits per heavy atom. The van der Waals surface area contributed by atoms with Gasteiger partial charge in [-0.1, -0.05) is 36.4 Å². The van der Waals surface area contributed by atoms with Crippen LogP contribution in [0.5, 0.6) is 0 Å². The van der Waals surface area contributed by atoms with Gasteiger partial charge in [0.2, 0.25) is 5.91 Å². The second kappa shape index (κ2) is 8.31. The lowest BCUT2D eigenvalue weighted by Gasteiger charge is -2.48. The minimum absolute atomic E-state index is 0.222. The van der Waals surface area contributed by atoms with Crippen molar-refractivity contribution in [3.8, 4) is 0 Å². The SMILES string of the molecule is Nc1ncccc1CN1CCC[C@]2(CCC(=O)N(CCc3ccccc3)C2)C1. The molecule has 0 radical (unpaired) electrons. The monoisotopic (exact) mass is 378 g/mol. The topological polar surface area (TPSA) is 62.5 Å². The average molecular weight is 379 g/mol. The van der Waals surface area contributed by atoms with Gasteiger partial charge in [0.15, 0.2) is 0 Å². The first-order valence-corrected chi connectivity index (χ1v) is 10.4. The molecule has 0 unspecified atom stereocenters. The molecule has 2 fully saturated rings. The van der Waals surface area contributed by atoms with Crippen LogP contribution in [0.3, 0.4) is 0 Å². The summed E-state index contributed by atoms with van der Waals surface area (Å²) in [5.74, 6) is 0.945. The third-order valence-electron chi connectivity index (χ3n) is 6.32. The summed E-state index contributed by atoms with van der Waals surface area (Å²) < 4.78 is 0. The predicted octanol–water partition coefficient (Wildman–Crippen LogP) is 3.11. The number of pyridine rings is 1. The summed E-state index contributed by atoms with van der Waals surface area (Å²) >= 11 is 0. The van der Waals surface area contributed by atoms with E-state index in [1.807, 2.05) is 12.1 Å². The summed E-state index contributed by atoms with van der Waals surface area (Å²) in [5, 5.41) is 0. The Morgan fingerprint density at radius 3 is 2.75 bits per heavy atom. The minimum Gasteiger partial charge on any atom is -0.383 e. The first-order chi connectivity index (χ1) is 13.6. The number of nitrogen functional groups attached to an aromatic ring is 1. The molecular weight excluding hydrogens is 348 g/mol. The Hall–Kier alpha value is -2.40. The van der Waals surface area contributed by atoms with Crippen molar-refractivity contribution in [1.82, 2.24) is 14.8 Å². The molecule has 2 aliphatic heterocycles. The van der Waals surface area contributed by atoms with Crippen molar-refractivity contribution in [1.29, 1.82) is 0 Å². The van der Waals surface area contributed by atoms with E-state index in [1.54, 1.807) is 6.20 Å². The molecule has 2 aliphatic rings. The van der Waals surface area contributed by atoms with Crippen molar-refractivity contribution in [2.45, 2.75) is 38.6 Å². The van der Waals surface area contributed by atoms with E-state index in [0.29, 0.717) is 18.1 Å². The van der Waals surface area contributed by atoms with Crippen LogP contribution in [0.1, 0.15) is 36.8 Å². The van der Waals surface area contributed by atoms with E-state index < -0.39 is 0 Å². The van der Waals surface area contributed by atoms with Gasteiger partial charge in [-0.05, 0) is 43.9 Å². The smallest absolute Gasteiger partial charge is 0.222 e. The summed E-state index contributed by atoms with van der Waals surface area (Å²) in [7, 11) is 0. The normalized spacial score (nSPS) is 23.3. The molecule has 2 saturated heterocycles. The Labute approximate surface area is 167 Å². The second-order valence-corrected chi connectivity index (χ2v) is 8.41. The van der Waals surface area contributed by atoms with Crippen LogP contribution in [0.2, 0.25) is 0 Å². The average Bonchev–Trinajstić information content (AvgIpc) is 2.72. The zero-order chi connectivity index (χ0) is 19.4. The Bertz CT molecular complexity index is 809. The molecule has 5 heteroatoms. The Morgan fingerprint density at radius 1 is 1.07 bits per heavy atom. The number of carbonyl (C=O) groups is 1. The van der Waals surface area contributed by atoms with Crippen molar-refractivity contribution in [3.05, 3.63) is 59.8 Å². The van der Waals surface area contributed by atoms with E-state index in [9.17, 15) is 4.79 Å². The lowest BCUT2D eigenvalue weighted by molar-refractivity contribution is -0.139. The van der Waals surface area contributed by atoms with Crippen LogP contribution in [0, 0.1) is 5.41 Å². The van der Waals surface area contributed by atoms with Gasteiger partial charge in [0.05, 0.1) is 0 Å². The lowest BCUT2D eigenvalue weighted by atomic mass is 9.73. The molecule has 1 aromatic heterocycles. The number of hydrogen-bond acceptors (Lipinski definition) is 4. The van der Waals surface area contributed by atoms with Crippen LogP contribution < -0.4 is 5.73 Å². The number of piperidine rings is 2. The Kier molecular flexibility index (Phi) is 5.62. The maximum Gasteiger partial charge on any atom is 0.222 e. The summed E-state index contributed by atoms with van der Waals surface area (Å²) in [6.07, 6.45) is 6.75. The number of benzene rings is 1. The van der Waals surface area contributed by atoms with E-state index in [-0.39, 0.29) is 5.41 Å². The highest BCUT2D eigenvalue weighted by atomic mass is 16.2. The molecule has 148 valence electrons. The van der Waals surface area contributed by atoms with E-state index in [0.717, 1.165) is 51.1 Å². The largest absolute Gasteiger partial charge is 0.383 e. The third kappa shape index (κ3) is 4.36. The van der Waals surface area contributed by atoms with Crippen LogP contribution in [0.15, 0.2) is 48.7 Å². The number of aromatic nitrogens is 1. The highest BCUT2D eigenvalue weighted by molar-refractivity contribution is 5.77. The molecule has 0 aliphatic carbocycles. The van der Waals surface area contributed by atoms with Gasteiger partial charge in [0.1, 0.15) is 5.82 Å². The maximum atomic E-state index is 12.5. The maximum absolute atomic E-state index is 12.5. The van der Waals surface area contributed by atoms with Gasteiger partial charge in [0, 0.05) is 49.8 Å². The predicted molar refractivity (Wildman–Crippen MR) is 112 cm³/mol. The van der Waals surface area contributed by atoms with E-state index in [2.05, 4.69) is 45.1 Å². The number of carbonyl (C=O) groups excluding carboxylic acids is 1. The number of likely N-dealkylation sites (tertiary alicyclic amines) is 2. The van der Waals surface area contributed by atoms with Crippen molar-refractivity contribution in [2.75, 3.05) is 31.9 Å². The fraction of sp³-hybridized carbons (Fsp3) is 0.478. The van der Waals surface area contributed by atoms with Gasteiger partial charge in [0.25, 0.3) is 0 Å². The van der Waals surface area contributed by atoms with Gasteiger partial charge < -0.3 is 10.6 Å². The number of rotatable bonds is 5. The molecule has 2 N–H and O–H groups in total. The summed E-state index contributed by atoms with van der Waals surface area (Å²) in [5.41, 5.74) is 8.68. The number of anilines is 1. The quantitative estimate of drug-likeness (QED) is 0.868. The van der Waals surface area contributed by atoms with Crippen molar-refractivity contribution >= 4 is 11.7 Å². The van der Waals surface area contributed by atoms with Crippen LogP contribution >= 0.6 is 0 Å². The molecule has 1 aromatic carbocycles. The second-order valence-electron chi connectivity index (χ2n) is 8.41. The summed E-state index contributed by atoms with van der Waals surface area (Å²) in [6, 6.07) is 14.5. The fourth-order valence-corrected chi connectivity index (χ4v) is 4.82. The zero-order valence-electron chi connectivity index (χ0n) is 16.5. The minimum atomic E-state index is 0.222. The van der Waals surface area contributed by atoms with Crippen molar-refractivity contribution in [2.24, 2.45) is 5.41 Å². The molecule has 2 aromatic rings. The molecule has 28 heavy (non-hydrogen) atoms. The standard InChI is InChI=1S/C23H30N4O/c24-22-20(8-4-13-25-22)16-26-14-5-11-23(17-26)12-9-21(28)27(18-23)15-10-19-6-2-1-3-7-19/h1-4,6-8,13H,5,9-12,14-18H2,(H2,24,25)/t23-/m0/s1. The first-order valence-electron chi connectivity index (χ1n) is 10.4. The van der Waals surface area contributed by atoms with Gasteiger partial charge in [-0.15, -0.1) is 0 Å². The van der Waals surface area contributed by atoms with Gasteiger partial charge in [-0.3, -0.25) is 9.69 Å². The van der Waals surface area contributed by atoms with Crippen molar-refractivity contribution in [3.63, 3.8) is 0 Å². The molecule has 3 heterocycles. The van der Waals surface area contributed by atoms with Crippen LogP contribution in [-0.4, -0.2) is 46.9 Å². The van der Waals surface area contributed by atoms with Gasteiger partial charge in [-0.2, -0.15) is 0 Å². The van der Waals surface area contributed by atoms with E-state index >= 15 is 0 Å². The molecular formula is C23H30N4O. The summed E-state index contributed by atoms with van der Waals surface area (Å²) in [6.45, 7) is 4.68. The summed E-state index contributed by atoms with van der Waals surface area (Å²) in [4.78, 5) is 21.4. The third-order valence-corrected chi connectivity index (χ3v) is 6.32. The fourth-order valence-electron chi connectivity index (χ4n) is 4.82. The highest BCUT2D eigenvalue weighted by Crippen LogP contribution is 2.39. The van der Waals surface area contributed by atoms with Crippen LogP contribution in [-0.2, 0) is 17.8 Å². The highest BCUT2D eigenvalue weighted by Gasteiger charge is 2.41. The van der Waals surface area contributed by atoms with E-state index in [4.69, 9.17) is 5.73 Å². The molecule has 0 saturated carbocycles. The van der Waals surface area contributed by atoms with E-state index in [1.165, 1.54) is 18.4 Å². The molecule has 0 bridgehead atoms. The first kappa shape index (κ1) is 18.9. The van der Waals surface area contributed by atoms with Crippen molar-refractivity contribution < 1.29 is 4.79 Å². The molecule has 1 spiro atoms. The number of amides is 1.